The summed E-state index contributed by atoms with van der Waals surface area (Å²) >= 11 is 6.06. The molecule has 0 atom stereocenters. The lowest BCUT2D eigenvalue weighted by Crippen LogP contribution is -2.25. The molecule has 1 aliphatic rings. The van der Waals surface area contributed by atoms with Gasteiger partial charge in [0.25, 0.3) is 0 Å². The minimum absolute atomic E-state index is 0.236. The van der Waals surface area contributed by atoms with Gasteiger partial charge in [-0.3, -0.25) is 0 Å². The summed E-state index contributed by atoms with van der Waals surface area (Å²) in [4.78, 5) is 10.8. The maximum absolute atomic E-state index is 10.8. The molecule has 1 aromatic carbocycles. The molecule has 0 bridgehead atoms. The van der Waals surface area contributed by atoms with Crippen LogP contribution in [-0.2, 0) is 6.54 Å². The molecule has 3 nitrogen and oxygen atoms in total. The number of aromatic carboxylic acids is 1. The molecule has 92 valence electrons. The SMILES string of the molecule is O=C(O)c1ccc(CNC2CCCC2)c(Cl)c1. The molecule has 0 heterocycles. The van der Waals surface area contributed by atoms with E-state index < -0.39 is 5.97 Å². The highest BCUT2D eigenvalue weighted by Gasteiger charge is 2.14. The van der Waals surface area contributed by atoms with Gasteiger partial charge < -0.3 is 10.4 Å². The van der Waals surface area contributed by atoms with E-state index >= 15 is 0 Å². The molecule has 4 heteroatoms. The van der Waals surface area contributed by atoms with E-state index in [1.165, 1.54) is 31.7 Å². The molecule has 2 N–H and O–H groups in total. The van der Waals surface area contributed by atoms with Gasteiger partial charge in [-0.1, -0.05) is 30.5 Å². The smallest absolute Gasteiger partial charge is 0.335 e. The highest BCUT2D eigenvalue weighted by Crippen LogP contribution is 2.21. The first-order valence-electron chi connectivity index (χ1n) is 5.92. The number of carboxylic acid groups (broad SMARTS) is 1. The van der Waals surface area contributed by atoms with Crippen LogP contribution in [0.3, 0.4) is 0 Å². The largest absolute Gasteiger partial charge is 0.478 e. The van der Waals surface area contributed by atoms with E-state index in [1.54, 1.807) is 12.1 Å². The van der Waals surface area contributed by atoms with Gasteiger partial charge >= 0.3 is 5.97 Å². The van der Waals surface area contributed by atoms with E-state index in [4.69, 9.17) is 16.7 Å². The molecule has 0 radical (unpaired) electrons. The molecule has 1 aliphatic carbocycles. The number of nitrogens with one attached hydrogen (secondary N) is 1. The second kappa shape index (κ2) is 5.52. The number of carboxylic acids is 1. The van der Waals surface area contributed by atoms with Crippen molar-refractivity contribution in [3.05, 3.63) is 34.3 Å². The van der Waals surface area contributed by atoms with Gasteiger partial charge in [0.15, 0.2) is 0 Å². The molecule has 1 aromatic rings. The van der Waals surface area contributed by atoms with Crippen LogP contribution in [0, 0.1) is 0 Å². The van der Waals surface area contributed by atoms with Crippen molar-refractivity contribution in [2.24, 2.45) is 0 Å². The molecule has 0 spiro atoms. The number of rotatable bonds is 4. The Hall–Kier alpha value is -1.06. The highest BCUT2D eigenvalue weighted by molar-refractivity contribution is 6.31. The molecule has 0 aliphatic heterocycles. The number of carbonyl (C=O) groups is 1. The quantitative estimate of drug-likeness (QED) is 0.867. The fourth-order valence-electron chi connectivity index (χ4n) is 2.21. The van der Waals surface area contributed by atoms with Crippen LogP contribution in [0.15, 0.2) is 18.2 Å². The monoisotopic (exact) mass is 253 g/mol. The van der Waals surface area contributed by atoms with Crippen LogP contribution in [0.2, 0.25) is 5.02 Å². The van der Waals surface area contributed by atoms with Gasteiger partial charge in [-0.25, -0.2) is 4.79 Å². The van der Waals surface area contributed by atoms with Crippen LogP contribution in [0.25, 0.3) is 0 Å². The van der Waals surface area contributed by atoms with E-state index in [9.17, 15) is 4.79 Å². The Morgan fingerprint density at radius 3 is 2.71 bits per heavy atom. The molecule has 2 rings (SSSR count). The molecule has 0 saturated heterocycles. The number of halogens is 1. The van der Waals surface area contributed by atoms with Gasteiger partial charge in [0.1, 0.15) is 0 Å². The molecule has 17 heavy (non-hydrogen) atoms. The summed E-state index contributed by atoms with van der Waals surface area (Å²) in [6.45, 7) is 0.712. The van der Waals surface area contributed by atoms with Gasteiger partial charge in [-0.15, -0.1) is 0 Å². The lowest BCUT2D eigenvalue weighted by atomic mass is 10.1. The standard InChI is InChI=1S/C13H16ClNO2/c14-12-7-9(13(16)17)5-6-10(12)8-15-11-3-1-2-4-11/h5-7,11,15H,1-4,8H2,(H,16,17). The lowest BCUT2D eigenvalue weighted by Gasteiger charge is -2.12. The molecule has 0 amide bonds. The summed E-state index contributed by atoms with van der Waals surface area (Å²) in [6.07, 6.45) is 5.04. The van der Waals surface area contributed by atoms with E-state index in [1.807, 2.05) is 0 Å². The van der Waals surface area contributed by atoms with Crippen molar-refractivity contribution in [3.63, 3.8) is 0 Å². The van der Waals surface area contributed by atoms with Crippen molar-refractivity contribution < 1.29 is 9.90 Å². The van der Waals surface area contributed by atoms with Crippen molar-refractivity contribution >= 4 is 17.6 Å². The first-order valence-corrected chi connectivity index (χ1v) is 6.29. The third kappa shape index (κ3) is 3.20. The van der Waals surface area contributed by atoms with Crippen LogP contribution in [0.1, 0.15) is 41.6 Å². The normalized spacial score (nSPS) is 16.3. The predicted octanol–water partition coefficient (Wildman–Crippen LogP) is 3.07. The van der Waals surface area contributed by atoms with E-state index in [0.717, 1.165) is 5.56 Å². The maximum atomic E-state index is 10.8. The molecule has 1 saturated carbocycles. The van der Waals surface area contributed by atoms with Crippen LogP contribution >= 0.6 is 11.6 Å². The summed E-state index contributed by atoms with van der Waals surface area (Å²) in [5, 5.41) is 12.8. The van der Waals surface area contributed by atoms with Crippen LogP contribution in [0.5, 0.6) is 0 Å². The Balaban J connectivity index is 1.98. The van der Waals surface area contributed by atoms with Crippen molar-refractivity contribution in [3.8, 4) is 0 Å². The Bertz CT molecular complexity index is 414. The summed E-state index contributed by atoms with van der Waals surface area (Å²) in [5.41, 5.74) is 1.20. The number of hydrogen-bond donors (Lipinski definition) is 2. The van der Waals surface area contributed by atoms with Gasteiger partial charge in [0.2, 0.25) is 0 Å². The molecular weight excluding hydrogens is 238 g/mol. The second-order valence-corrected chi connectivity index (χ2v) is 4.88. The Morgan fingerprint density at radius 2 is 2.12 bits per heavy atom. The topological polar surface area (TPSA) is 49.3 Å². The first-order chi connectivity index (χ1) is 8.16. The lowest BCUT2D eigenvalue weighted by molar-refractivity contribution is 0.0697. The van der Waals surface area contributed by atoms with Gasteiger partial charge in [-0.2, -0.15) is 0 Å². The Kier molecular flexibility index (Phi) is 4.02. The van der Waals surface area contributed by atoms with Gasteiger partial charge in [0, 0.05) is 17.6 Å². The Morgan fingerprint density at radius 1 is 1.41 bits per heavy atom. The zero-order chi connectivity index (χ0) is 12.3. The van der Waals surface area contributed by atoms with Crippen molar-refractivity contribution in [2.75, 3.05) is 0 Å². The van der Waals surface area contributed by atoms with Gasteiger partial charge in [0.05, 0.1) is 5.56 Å². The number of hydrogen-bond acceptors (Lipinski definition) is 2. The first kappa shape index (κ1) is 12.4. The van der Waals surface area contributed by atoms with E-state index in [0.29, 0.717) is 17.6 Å². The molecular formula is C13H16ClNO2. The van der Waals surface area contributed by atoms with Gasteiger partial charge in [-0.05, 0) is 30.5 Å². The third-order valence-corrected chi connectivity index (χ3v) is 3.59. The summed E-state index contributed by atoms with van der Waals surface area (Å²) in [5.74, 6) is -0.942. The van der Waals surface area contributed by atoms with E-state index in [-0.39, 0.29) is 5.56 Å². The second-order valence-electron chi connectivity index (χ2n) is 4.47. The highest BCUT2D eigenvalue weighted by atomic mass is 35.5. The summed E-state index contributed by atoms with van der Waals surface area (Å²) < 4.78 is 0. The third-order valence-electron chi connectivity index (χ3n) is 3.24. The average Bonchev–Trinajstić information content (AvgIpc) is 2.80. The van der Waals surface area contributed by atoms with Crippen LogP contribution < -0.4 is 5.32 Å². The average molecular weight is 254 g/mol. The molecule has 0 aromatic heterocycles. The minimum Gasteiger partial charge on any atom is -0.478 e. The number of benzene rings is 1. The fourth-order valence-corrected chi connectivity index (χ4v) is 2.46. The summed E-state index contributed by atoms with van der Waals surface area (Å²) in [6, 6.07) is 5.48. The van der Waals surface area contributed by atoms with E-state index in [2.05, 4.69) is 5.32 Å². The zero-order valence-electron chi connectivity index (χ0n) is 9.58. The zero-order valence-corrected chi connectivity index (χ0v) is 10.3. The maximum Gasteiger partial charge on any atom is 0.335 e. The Labute approximate surface area is 106 Å². The fraction of sp³-hybridized carbons (Fsp3) is 0.462. The minimum atomic E-state index is -0.942. The molecule has 0 unspecified atom stereocenters. The molecule has 1 fully saturated rings. The predicted molar refractivity (Wildman–Crippen MR) is 67.5 cm³/mol. The van der Waals surface area contributed by atoms with Crippen LogP contribution in [-0.4, -0.2) is 17.1 Å². The van der Waals surface area contributed by atoms with Crippen molar-refractivity contribution in [1.82, 2.24) is 5.32 Å². The van der Waals surface area contributed by atoms with Crippen molar-refractivity contribution in [2.45, 2.75) is 38.3 Å². The van der Waals surface area contributed by atoms with Crippen molar-refractivity contribution in [1.29, 1.82) is 0 Å². The van der Waals surface area contributed by atoms with Crippen LogP contribution in [0.4, 0.5) is 0 Å². The summed E-state index contributed by atoms with van der Waals surface area (Å²) in [7, 11) is 0.